The number of piperidine rings is 1. The zero-order chi connectivity index (χ0) is 18.1. The Morgan fingerprint density at radius 1 is 1.23 bits per heavy atom. The maximum Gasteiger partial charge on any atom is 0.278 e. The molecule has 7 nitrogen and oxygen atoms in total. The summed E-state index contributed by atoms with van der Waals surface area (Å²) in [5.41, 5.74) is 3.89. The highest BCUT2D eigenvalue weighted by Crippen LogP contribution is 2.26. The molecule has 2 N–H and O–H groups in total. The predicted molar refractivity (Wildman–Crippen MR) is 100 cm³/mol. The Hall–Kier alpha value is -2.80. The molecule has 7 heteroatoms. The van der Waals surface area contributed by atoms with Crippen LogP contribution in [0.2, 0.25) is 0 Å². The number of nitrogens with one attached hydrogen (secondary N) is 2. The lowest BCUT2D eigenvalue weighted by atomic mass is 10.1. The molecule has 1 aromatic carbocycles. The number of hydrogen-bond donors (Lipinski definition) is 2. The first-order valence-corrected chi connectivity index (χ1v) is 8.93. The normalized spacial score (nSPS) is 15.3. The van der Waals surface area contributed by atoms with Gasteiger partial charge in [0.15, 0.2) is 5.69 Å². The van der Waals surface area contributed by atoms with Crippen LogP contribution in [0.3, 0.4) is 0 Å². The minimum absolute atomic E-state index is 0.239. The molecule has 3 aromatic rings. The van der Waals surface area contributed by atoms with Gasteiger partial charge in [0.25, 0.3) is 5.91 Å². The van der Waals surface area contributed by atoms with Gasteiger partial charge in [-0.25, -0.2) is 4.68 Å². The predicted octanol–water partition coefficient (Wildman–Crippen LogP) is 2.62. The minimum Gasteiger partial charge on any atom is -0.320 e. The lowest BCUT2D eigenvalue weighted by Gasteiger charge is -2.23. The summed E-state index contributed by atoms with van der Waals surface area (Å²) in [5.74, 6) is -0.239. The van der Waals surface area contributed by atoms with Gasteiger partial charge in [0.1, 0.15) is 0 Å². The molecule has 0 spiro atoms. The van der Waals surface area contributed by atoms with E-state index >= 15 is 0 Å². The molecule has 0 saturated carbocycles. The number of nitrogens with zero attached hydrogens (tertiary/aromatic N) is 4. The first-order chi connectivity index (χ1) is 12.6. The van der Waals surface area contributed by atoms with Crippen LogP contribution >= 0.6 is 0 Å². The Morgan fingerprint density at radius 2 is 2.04 bits per heavy atom. The molecule has 26 heavy (non-hydrogen) atoms. The van der Waals surface area contributed by atoms with Crippen molar-refractivity contribution in [3.05, 3.63) is 47.4 Å². The van der Waals surface area contributed by atoms with Crippen molar-refractivity contribution in [3.63, 3.8) is 0 Å². The zero-order valence-corrected chi connectivity index (χ0v) is 15.0. The van der Waals surface area contributed by atoms with Crippen LogP contribution in [-0.4, -0.2) is 39.0 Å². The summed E-state index contributed by atoms with van der Waals surface area (Å²) in [6, 6.07) is 8.00. The van der Waals surface area contributed by atoms with Crippen LogP contribution in [0.25, 0.3) is 10.9 Å². The van der Waals surface area contributed by atoms with Crippen LogP contribution in [0.15, 0.2) is 30.5 Å². The van der Waals surface area contributed by atoms with E-state index in [0.717, 1.165) is 53.8 Å². The van der Waals surface area contributed by atoms with E-state index in [1.54, 1.807) is 6.20 Å². The summed E-state index contributed by atoms with van der Waals surface area (Å²) >= 11 is 0. The molecule has 1 aliphatic heterocycles. The largest absolute Gasteiger partial charge is 0.320 e. The summed E-state index contributed by atoms with van der Waals surface area (Å²) < 4.78 is 1.89. The van der Waals surface area contributed by atoms with Crippen LogP contribution in [0, 0.1) is 13.8 Å². The van der Waals surface area contributed by atoms with Gasteiger partial charge in [0.2, 0.25) is 0 Å². The number of amides is 1. The fourth-order valence-corrected chi connectivity index (χ4v) is 3.55. The van der Waals surface area contributed by atoms with Crippen molar-refractivity contribution in [2.75, 3.05) is 18.4 Å². The van der Waals surface area contributed by atoms with Crippen molar-refractivity contribution in [3.8, 4) is 0 Å². The second-order valence-electron chi connectivity index (χ2n) is 6.73. The third-order valence-electron chi connectivity index (χ3n) is 5.02. The molecule has 0 unspecified atom stereocenters. The van der Waals surface area contributed by atoms with E-state index in [4.69, 9.17) is 0 Å². The summed E-state index contributed by atoms with van der Waals surface area (Å²) in [4.78, 5) is 17.2. The fourth-order valence-electron chi connectivity index (χ4n) is 3.55. The summed E-state index contributed by atoms with van der Waals surface area (Å²) in [6.45, 7) is 5.85. The highest BCUT2D eigenvalue weighted by molar-refractivity contribution is 6.08. The Bertz CT molecular complexity index is 958. The SMILES string of the molecule is Cc1ccc(NC(=O)c2nnn(C3CCNCC3)c2C)c2cccnc12. The van der Waals surface area contributed by atoms with Gasteiger partial charge in [0, 0.05) is 11.6 Å². The number of benzene rings is 1. The second kappa shape index (κ2) is 6.84. The van der Waals surface area contributed by atoms with Crippen molar-refractivity contribution in [1.82, 2.24) is 25.3 Å². The van der Waals surface area contributed by atoms with Gasteiger partial charge in [0.05, 0.1) is 22.9 Å². The van der Waals surface area contributed by atoms with Crippen molar-refractivity contribution in [2.45, 2.75) is 32.7 Å². The van der Waals surface area contributed by atoms with E-state index in [-0.39, 0.29) is 5.91 Å². The van der Waals surface area contributed by atoms with Gasteiger partial charge in [-0.3, -0.25) is 9.78 Å². The second-order valence-corrected chi connectivity index (χ2v) is 6.73. The number of carbonyl (C=O) groups excluding carboxylic acids is 1. The van der Waals surface area contributed by atoms with Crippen molar-refractivity contribution >= 4 is 22.5 Å². The van der Waals surface area contributed by atoms with Crippen LogP contribution in [0.4, 0.5) is 5.69 Å². The fraction of sp³-hybridized carbons (Fsp3) is 0.368. The quantitative estimate of drug-likeness (QED) is 0.758. The Labute approximate surface area is 151 Å². The first kappa shape index (κ1) is 16.7. The number of aromatic nitrogens is 4. The smallest absolute Gasteiger partial charge is 0.278 e. The topological polar surface area (TPSA) is 84.7 Å². The van der Waals surface area contributed by atoms with E-state index in [0.29, 0.717) is 11.7 Å². The number of fused-ring (bicyclic) bond motifs is 1. The van der Waals surface area contributed by atoms with Crippen LogP contribution in [0.5, 0.6) is 0 Å². The van der Waals surface area contributed by atoms with Gasteiger partial charge in [-0.05, 0) is 63.5 Å². The lowest BCUT2D eigenvalue weighted by Crippen LogP contribution is -2.30. The molecule has 0 bridgehead atoms. The summed E-state index contributed by atoms with van der Waals surface area (Å²) in [6.07, 6.45) is 3.76. The molecule has 0 radical (unpaired) electrons. The standard InChI is InChI=1S/C19H22N6O/c1-12-5-6-16(15-4-3-9-21-17(12)15)22-19(26)18-13(2)25(24-23-18)14-7-10-20-11-8-14/h3-6,9,14,20H,7-8,10-11H2,1-2H3,(H,22,26). The van der Waals surface area contributed by atoms with Crippen LogP contribution in [0.1, 0.15) is 40.6 Å². The highest BCUT2D eigenvalue weighted by atomic mass is 16.2. The molecule has 134 valence electrons. The van der Waals surface area contributed by atoms with Crippen LogP contribution in [-0.2, 0) is 0 Å². The van der Waals surface area contributed by atoms with E-state index in [1.165, 1.54) is 0 Å². The van der Waals surface area contributed by atoms with Crippen molar-refractivity contribution in [1.29, 1.82) is 0 Å². The van der Waals surface area contributed by atoms with Gasteiger partial charge < -0.3 is 10.6 Å². The number of anilines is 1. The molecule has 0 atom stereocenters. The van der Waals surface area contributed by atoms with E-state index < -0.39 is 0 Å². The Kier molecular flexibility index (Phi) is 4.38. The number of aryl methyl sites for hydroxylation is 1. The summed E-state index contributed by atoms with van der Waals surface area (Å²) in [5, 5.41) is 15.6. The third kappa shape index (κ3) is 2.94. The van der Waals surface area contributed by atoms with Crippen molar-refractivity contribution in [2.24, 2.45) is 0 Å². The van der Waals surface area contributed by atoms with Crippen molar-refractivity contribution < 1.29 is 4.79 Å². The molecular weight excluding hydrogens is 328 g/mol. The molecule has 4 rings (SSSR count). The number of pyridine rings is 1. The van der Waals surface area contributed by atoms with E-state index in [1.807, 2.05) is 42.8 Å². The molecule has 1 fully saturated rings. The monoisotopic (exact) mass is 350 g/mol. The van der Waals surface area contributed by atoms with Gasteiger partial charge in [-0.2, -0.15) is 0 Å². The molecule has 2 aromatic heterocycles. The number of rotatable bonds is 3. The molecule has 3 heterocycles. The average molecular weight is 350 g/mol. The molecular formula is C19H22N6O. The number of hydrogen-bond acceptors (Lipinski definition) is 5. The van der Waals surface area contributed by atoms with Crippen LogP contribution < -0.4 is 10.6 Å². The number of carbonyl (C=O) groups is 1. The third-order valence-corrected chi connectivity index (χ3v) is 5.02. The average Bonchev–Trinajstić information content (AvgIpc) is 3.06. The van der Waals surface area contributed by atoms with Gasteiger partial charge in [-0.15, -0.1) is 5.10 Å². The molecule has 0 aliphatic carbocycles. The highest BCUT2D eigenvalue weighted by Gasteiger charge is 2.23. The molecule has 1 saturated heterocycles. The van der Waals surface area contributed by atoms with E-state index in [9.17, 15) is 4.79 Å². The van der Waals surface area contributed by atoms with Gasteiger partial charge >= 0.3 is 0 Å². The maximum absolute atomic E-state index is 12.8. The lowest BCUT2D eigenvalue weighted by molar-refractivity contribution is 0.102. The Morgan fingerprint density at radius 3 is 2.85 bits per heavy atom. The van der Waals surface area contributed by atoms with E-state index in [2.05, 4.69) is 25.9 Å². The summed E-state index contributed by atoms with van der Waals surface area (Å²) in [7, 11) is 0. The maximum atomic E-state index is 12.8. The first-order valence-electron chi connectivity index (χ1n) is 8.93. The molecule has 1 aliphatic rings. The Balaban J connectivity index is 1.62. The molecule has 1 amide bonds. The minimum atomic E-state index is -0.239. The van der Waals surface area contributed by atoms with Gasteiger partial charge in [-0.1, -0.05) is 11.3 Å². The zero-order valence-electron chi connectivity index (χ0n) is 15.0.